The highest BCUT2D eigenvalue weighted by atomic mass is 16.5. The lowest BCUT2D eigenvalue weighted by atomic mass is 9.89. The fourth-order valence-electron chi connectivity index (χ4n) is 2.05. The minimum Gasteiger partial charge on any atom is -0.493 e. The molecule has 1 aliphatic rings. The van der Waals surface area contributed by atoms with Gasteiger partial charge in [0.1, 0.15) is 5.75 Å². The summed E-state index contributed by atoms with van der Waals surface area (Å²) in [6.07, 6.45) is 0. The van der Waals surface area contributed by atoms with Gasteiger partial charge in [-0.1, -0.05) is 19.9 Å². The molecule has 0 fully saturated rings. The van der Waals surface area contributed by atoms with Crippen molar-refractivity contribution in [1.82, 2.24) is 0 Å². The average molecular weight is 190 g/mol. The zero-order valence-electron chi connectivity index (χ0n) is 9.42. The lowest BCUT2D eigenvalue weighted by Gasteiger charge is -2.13. The Hall–Kier alpha value is -0.980. The van der Waals surface area contributed by atoms with E-state index in [-0.39, 0.29) is 0 Å². The molecule has 0 aliphatic carbocycles. The van der Waals surface area contributed by atoms with E-state index in [1.807, 2.05) is 0 Å². The van der Waals surface area contributed by atoms with Crippen LogP contribution in [-0.4, -0.2) is 6.61 Å². The zero-order chi connectivity index (χ0) is 10.3. The molecule has 0 aromatic heterocycles. The van der Waals surface area contributed by atoms with Crippen LogP contribution in [0.4, 0.5) is 0 Å². The first-order valence-electron chi connectivity index (χ1n) is 5.33. The molecule has 0 saturated carbocycles. The van der Waals surface area contributed by atoms with Crippen LogP contribution < -0.4 is 4.74 Å². The van der Waals surface area contributed by atoms with Crippen LogP contribution in [0.1, 0.15) is 36.5 Å². The predicted octanol–water partition coefficient (Wildman–Crippen LogP) is 3.44. The Morgan fingerprint density at radius 1 is 1.21 bits per heavy atom. The molecule has 0 radical (unpaired) electrons. The number of fused-ring (bicyclic) bond motifs is 1. The Morgan fingerprint density at radius 3 is 2.50 bits per heavy atom. The van der Waals surface area contributed by atoms with Gasteiger partial charge in [-0.3, -0.25) is 0 Å². The largest absolute Gasteiger partial charge is 0.493 e. The van der Waals surface area contributed by atoms with Gasteiger partial charge in [-0.15, -0.1) is 0 Å². The quantitative estimate of drug-likeness (QED) is 0.659. The summed E-state index contributed by atoms with van der Waals surface area (Å²) in [5.41, 5.74) is 4.11. The second kappa shape index (κ2) is 3.30. The maximum absolute atomic E-state index is 5.71. The van der Waals surface area contributed by atoms with Crippen LogP contribution >= 0.6 is 0 Å². The van der Waals surface area contributed by atoms with Gasteiger partial charge in [0.25, 0.3) is 0 Å². The van der Waals surface area contributed by atoms with Crippen LogP contribution in [0.5, 0.6) is 5.75 Å². The summed E-state index contributed by atoms with van der Waals surface area (Å²) >= 11 is 0. The van der Waals surface area contributed by atoms with E-state index < -0.39 is 0 Å². The lowest BCUT2D eigenvalue weighted by Crippen LogP contribution is -2.07. The van der Waals surface area contributed by atoms with Crippen LogP contribution in [0, 0.1) is 19.8 Å². The Morgan fingerprint density at radius 2 is 1.86 bits per heavy atom. The molecule has 1 unspecified atom stereocenters. The molecule has 1 aromatic carbocycles. The van der Waals surface area contributed by atoms with Crippen molar-refractivity contribution < 1.29 is 4.74 Å². The number of hydrogen-bond acceptors (Lipinski definition) is 1. The second-order valence-corrected chi connectivity index (χ2v) is 4.64. The van der Waals surface area contributed by atoms with E-state index in [2.05, 4.69) is 39.8 Å². The number of rotatable bonds is 1. The van der Waals surface area contributed by atoms with Crippen molar-refractivity contribution in [2.45, 2.75) is 33.6 Å². The first-order chi connectivity index (χ1) is 6.59. The van der Waals surface area contributed by atoms with Gasteiger partial charge in [0.15, 0.2) is 0 Å². The standard InChI is InChI=1S/C13H18O/c1-8(2)12-7-14-13-6-10(4)9(3)5-11(12)13/h5-6,8,12H,7H2,1-4H3. The van der Waals surface area contributed by atoms with Crippen LogP contribution in [0.2, 0.25) is 0 Å². The van der Waals surface area contributed by atoms with Crippen molar-refractivity contribution in [2.75, 3.05) is 6.61 Å². The first kappa shape index (κ1) is 9.57. The van der Waals surface area contributed by atoms with Crippen LogP contribution in [-0.2, 0) is 0 Å². The molecule has 0 bridgehead atoms. The number of ether oxygens (including phenoxy) is 1. The van der Waals surface area contributed by atoms with E-state index in [1.165, 1.54) is 16.7 Å². The summed E-state index contributed by atoms with van der Waals surface area (Å²) < 4.78 is 5.71. The Bertz CT molecular complexity index is 352. The summed E-state index contributed by atoms with van der Waals surface area (Å²) in [5.74, 6) is 2.36. The van der Waals surface area contributed by atoms with Gasteiger partial charge >= 0.3 is 0 Å². The third-order valence-corrected chi connectivity index (χ3v) is 3.25. The minimum absolute atomic E-state index is 0.587. The molecular formula is C13H18O. The number of hydrogen-bond donors (Lipinski definition) is 0. The molecular weight excluding hydrogens is 172 g/mol. The Balaban J connectivity index is 2.45. The average Bonchev–Trinajstić information content (AvgIpc) is 2.48. The van der Waals surface area contributed by atoms with E-state index in [1.54, 1.807) is 0 Å². The summed E-state index contributed by atoms with van der Waals surface area (Å²) in [6, 6.07) is 4.47. The SMILES string of the molecule is Cc1cc2c(cc1C)C(C(C)C)CO2. The maximum atomic E-state index is 5.71. The molecule has 76 valence electrons. The molecule has 1 heteroatoms. The zero-order valence-corrected chi connectivity index (χ0v) is 9.42. The van der Waals surface area contributed by atoms with Gasteiger partial charge in [0.2, 0.25) is 0 Å². The first-order valence-corrected chi connectivity index (χ1v) is 5.33. The van der Waals surface area contributed by atoms with Crippen molar-refractivity contribution in [1.29, 1.82) is 0 Å². The fourth-order valence-corrected chi connectivity index (χ4v) is 2.05. The molecule has 1 atom stereocenters. The summed E-state index contributed by atoms with van der Waals surface area (Å²) in [4.78, 5) is 0. The Kier molecular flexibility index (Phi) is 2.26. The van der Waals surface area contributed by atoms with Crippen molar-refractivity contribution in [3.63, 3.8) is 0 Å². The third kappa shape index (κ3) is 1.41. The molecule has 2 rings (SSSR count). The fraction of sp³-hybridized carbons (Fsp3) is 0.538. The van der Waals surface area contributed by atoms with Gasteiger partial charge in [-0.05, 0) is 37.0 Å². The monoisotopic (exact) mass is 190 g/mol. The topological polar surface area (TPSA) is 9.23 Å². The van der Waals surface area contributed by atoms with Crippen molar-refractivity contribution in [2.24, 2.45) is 5.92 Å². The molecule has 14 heavy (non-hydrogen) atoms. The van der Waals surface area contributed by atoms with Gasteiger partial charge < -0.3 is 4.74 Å². The van der Waals surface area contributed by atoms with E-state index in [0.29, 0.717) is 11.8 Å². The lowest BCUT2D eigenvalue weighted by molar-refractivity contribution is 0.304. The molecule has 0 amide bonds. The molecule has 0 saturated heterocycles. The van der Waals surface area contributed by atoms with Crippen LogP contribution in [0.25, 0.3) is 0 Å². The van der Waals surface area contributed by atoms with E-state index in [0.717, 1.165) is 12.4 Å². The van der Waals surface area contributed by atoms with Gasteiger partial charge in [0.05, 0.1) is 6.61 Å². The van der Waals surface area contributed by atoms with Crippen molar-refractivity contribution >= 4 is 0 Å². The van der Waals surface area contributed by atoms with E-state index in [9.17, 15) is 0 Å². The second-order valence-electron chi connectivity index (χ2n) is 4.64. The van der Waals surface area contributed by atoms with Crippen molar-refractivity contribution in [3.05, 3.63) is 28.8 Å². The highest BCUT2D eigenvalue weighted by molar-refractivity contribution is 5.46. The van der Waals surface area contributed by atoms with E-state index >= 15 is 0 Å². The molecule has 1 heterocycles. The minimum atomic E-state index is 0.587. The third-order valence-electron chi connectivity index (χ3n) is 3.25. The summed E-state index contributed by atoms with van der Waals surface area (Å²) in [5, 5.41) is 0. The summed E-state index contributed by atoms with van der Waals surface area (Å²) in [6.45, 7) is 9.69. The number of aryl methyl sites for hydroxylation is 2. The predicted molar refractivity (Wildman–Crippen MR) is 59.0 cm³/mol. The van der Waals surface area contributed by atoms with Gasteiger partial charge in [0, 0.05) is 11.5 Å². The van der Waals surface area contributed by atoms with Crippen LogP contribution in [0.3, 0.4) is 0 Å². The highest BCUT2D eigenvalue weighted by Gasteiger charge is 2.26. The molecule has 0 spiro atoms. The molecule has 0 N–H and O–H groups in total. The van der Waals surface area contributed by atoms with E-state index in [4.69, 9.17) is 4.74 Å². The van der Waals surface area contributed by atoms with Gasteiger partial charge in [-0.25, -0.2) is 0 Å². The summed E-state index contributed by atoms with van der Waals surface area (Å²) in [7, 11) is 0. The van der Waals surface area contributed by atoms with Gasteiger partial charge in [-0.2, -0.15) is 0 Å². The van der Waals surface area contributed by atoms with Crippen LogP contribution in [0.15, 0.2) is 12.1 Å². The normalized spacial score (nSPS) is 19.6. The maximum Gasteiger partial charge on any atom is 0.123 e. The molecule has 1 aromatic rings. The Labute approximate surface area is 86.1 Å². The smallest absolute Gasteiger partial charge is 0.123 e. The molecule has 1 aliphatic heterocycles. The highest BCUT2D eigenvalue weighted by Crippen LogP contribution is 2.39. The molecule has 1 nitrogen and oxygen atoms in total. The number of benzene rings is 1. The van der Waals surface area contributed by atoms with Crippen molar-refractivity contribution in [3.8, 4) is 5.75 Å².